The minimum atomic E-state index is -0.535. The van der Waals surface area contributed by atoms with Gasteiger partial charge in [0, 0.05) is 0 Å². The molecule has 0 heterocycles. The lowest BCUT2D eigenvalue weighted by Crippen LogP contribution is -2.28. The van der Waals surface area contributed by atoms with E-state index in [1.807, 2.05) is 5.32 Å². The summed E-state index contributed by atoms with van der Waals surface area (Å²) in [5.41, 5.74) is 4.81. The smallest absolute Gasteiger partial charge is 0.268 e. The lowest BCUT2D eigenvalue weighted by Gasteiger charge is -1.96. The number of carbonyl (C=O) groups excluding carboxylic acids is 1. The van der Waals surface area contributed by atoms with Gasteiger partial charge in [-0.05, 0) is 0 Å². The molecule has 0 aliphatic heterocycles. The van der Waals surface area contributed by atoms with Crippen molar-refractivity contribution in [3.05, 3.63) is 12.3 Å². The van der Waals surface area contributed by atoms with E-state index in [0.29, 0.717) is 0 Å². The van der Waals surface area contributed by atoms with Crippen LogP contribution in [0.1, 0.15) is 0 Å². The van der Waals surface area contributed by atoms with Crippen molar-refractivity contribution < 1.29 is 9.90 Å². The van der Waals surface area contributed by atoms with Crippen LogP contribution in [0.2, 0.25) is 0 Å². The summed E-state index contributed by atoms with van der Waals surface area (Å²) in [7, 11) is 0. The third-order valence-corrected chi connectivity index (χ3v) is 0.531. The van der Waals surface area contributed by atoms with Gasteiger partial charge in [-0.25, -0.2) is 0 Å². The summed E-state index contributed by atoms with van der Waals surface area (Å²) in [6.07, 6.45) is 0. The van der Waals surface area contributed by atoms with Gasteiger partial charge in [-0.15, -0.1) is 0 Å². The second-order valence-electron chi connectivity index (χ2n) is 1.19. The number of nitrogens with one attached hydrogen (secondary N) is 1. The van der Waals surface area contributed by atoms with Crippen molar-refractivity contribution in [3.8, 4) is 0 Å². The molecule has 0 atom stereocenters. The lowest BCUT2D eigenvalue weighted by atomic mass is 10.5. The van der Waals surface area contributed by atoms with Gasteiger partial charge < -0.3 is 16.2 Å². The Bertz CT molecular complexity index is 111. The second-order valence-corrected chi connectivity index (χ2v) is 1.19. The first kappa shape index (κ1) is 6.97. The molecule has 4 N–H and O–H groups in total. The molecular formula is C4H8N2O2. The van der Waals surface area contributed by atoms with E-state index >= 15 is 0 Å². The van der Waals surface area contributed by atoms with Crippen LogP contribution in [0.3, 0.4) is 0 Å². The predicted octanol–water partition coefficient (Wildman–Crippen LogP) is -1.48. The average molecular weight is 116 g/mol. The van der Waals surface area contributed by atoms with E-state index in [2.05, 4.69) is 6.58 Å². The Morgan fingerprint density at radius 1 is 1.88 bits per heavy atom. The second kappa shape index (κ2) is 3.04. The maximum atomic E-state index is 10.2. The van der Waals surface area contributed by atoms with Gasteiger partial charge in [0.25, 0.3) is 5.91 Å². The number of aliphatic hydroxyl groups is 1. The maximum Gasteiger partial charge on any atom is 0.268 e. The molecule has 8 heavy (non-hydrogen) atoms. The predicted molar refractivity (Wildman–Crippen MR) is 28.6 cm³/mol. The summed E-state index contributed by atoms with van der Waals surface area (Å²) in [4.78, 5) is 10.2. The SMILES string of the molecule is C=C(N)C(=O)NCO. The minimum absolute atomic E-state index is 0.0981. The first-order chi connectivity index (χ1) is 3.68. The fourth-order valence-corrected chi connectivity index (χ4v) is 0.185. The largest absolute Gasteiger partial charge is 0.395 e. The van der Waals surface area contributed by atoms with Gasteiger partial charge in [-0.1, -0.05) is 6.58 Å². The van der Waals surface area contributed by atoms with Crippen LogP contribution in [0.4, 0.5) is 0 Å². The molecule has 0 saturated heterocycles. The molecule has 0 saturated carbocycles. The number of aliphatic hydroxyl groups excluding tert-OH is 1. The molecule has 0 unspecified atom stereocenters. The maximum absolute atomic E-state index is 10.2. The van der Waals surface area contributed by atoms with Gasteiger partial charge in [0.15, 0.2) is 0 Å². The molecule has 1 amide bonds. The molecule has 0 aromatic carbocycles. The van der Waals surface area contributed by atoms with E-state index < -0.39 is 12.6 Å². The van der Waals surface area contributed by atoms with Crippen molar-refractivity contribution in [2.75, 3.05) is 6.73 Å². The summed E-state index contributed by atoms with van der Waals surface area (Å²) < 4.78 is 0. The van der Waals surface area contributed by atoms with E-state index in [1.54, 1.807) is 0 Å². The highest BCUT2D eigenvalue weighted by Crippen LogP contribution is 1.72. The average Bonchev–Trinajstić information content (AvgIpc) is 1.67. The number of carbonyl (C=O) groups is 1. The fraction of sp³-hybridized carbons (Fsp3) is 0.250. The zero-order chi connectivity index (χ0) is 6.57. The molecule has 4 heteroatoms. The molecule has 0 fully saturated rings. The van der Waals surface area contributed by atoms with Crippen molar-refractivity contribution in [2.45, 2.75) is 0 Å². The summed E-state index contributed by atoms with van der Waals surface area (Å²) in [6, 6.07) is 0. The van der Waals surface area contributed by atoms with Gasteiger partial charge in [-0.2, -0.15) is 0 Å². The summed E-state index contributed by atoms with van der Waals surface area (Å²) in [5.74, 6) is -0.535. The third kappa shape index (κ3) is 2.20. The highest BCUT2D eigenvalue weighted by atomic mass is 16.3. The molecule has 0 spiro atoms. The van der Waals surface area contributed by atoms with Crippen LogP contribution >= 0.6 is 0 Å². The Morgan fingerprint density at radius 3 is 2.50 bits per heavy atom. The van der Waals surface area contributed by atoms with Crippen molar-refractivity contribution >= 4 is 5.91 Å². The minimum Gasteiger partial charge on any atom is -0.395 e. The zero-order valence-corrected chi connectivity index (χ0v) is 4.35. The number of hydrogen-bond acceptors (Lipinski definition) is 3. The molecule has 0 rings (SSSR count). The first-order valence-corrected chi connectivity index (χ1v) is 2.02. The standard InChI is InChI=1S/C4H8N2O2/c1-3(5)4(8)6-2-7/h7H,1-2,5H2,(H,6,8). The first-order valence-electron chi connectivity index (χ1n) is 2.02. The molecule has 0 aromatic heterocycles. The number of nitrogens with two attached hydrogens (primary N) is 1. The van der Waals surface area contributed by atoms with Crippen molar-refractivity contribution in [1.29, 1.82) is 0 Å². The summed E-state index contributed by atoms with van der Waals surface area (Å²) >= 11 is 0. The number of rotatable bonds is 2. The van der Waals surface area contributed by atoms with E-state index in [0.717, 1.165) is 0 Å². The highest BCUT2D eigenvalue weighted by Gasteiger charge is 1.96. The fourth-order valence-electron chi connectivity index (χ4n) is 0.185. The molecule has 0 bridgehead atoms. The van der Waals surface area contributed by atoms with E-state index in [9.17, 15) is 4.79 Å². The Balaban J connectivity index is 3.49. The van der Waals surface area contributed by atoms with Crippen molar-refractivity contribution in [1.82, 2.24) is 5.32 Å². The lowest BCUT2D eigenvalue weighted by molar-refractivity contribution is -0.118. The Hall–Kier alpha value is -1.03. The van der Waals surface area contributed by atoms with E-state index in [1.165, 1.54) is 0 Å². The van der Waals surface area contributed by atoms with Crippen LogP contribution in [-0.2, 0) is 4.79 Å². The van der Waals surface area contributed by atoms with Crippen molar-refractivity contribution in [3.63, 3.8) is 0 Å². The van der Waals surface area contributed by atoms with Crippen LogP contribution in [0.25, 0.3) is 0 Å². The zero-order valence-electron chi connectivity index (χ0n) is 4.35. The Morgan fingerprint density at radius 2 is 2.38 bits per heavy atom. The topological polar surface area (TPSA) is 75.4 Å². The van der Waals surface area contributed by atoms with Crippen LogP contribution in [0.5, 0.6) is 0 Å². The molecule has 0 aliphatic rings. The normalized spacial score (nSPS) is 8.12. The van der Waals surface area contributed by atoms with Gasteiger partial charge in [0.1, 0.15) is 6.73 Å². The van der Waals surface area contributed by atoms with Crippen LogP contribution in [0, 0.1) is 0 Å². The molecule has 0 radical (unpaired) electrons. The third-order valence-electron chi connectivity index (χ3n) is 0.531. The van der Waals surface area contributed by atoms with Crippen molar-refractivity contribution in [2.24, 2.45) is 5.73 Å². The molecule has 0 aromatic rings. The number of hydrogen-bond donors (Lipinski definition) is 3. The number of amides is 1. The molecule has 46 valence electrons. The van der Waals surface area contributed by atoms with Crippen LogP contribution in [-0.4, -0.2) is 17.7 Å². The van der Waals surface area contributed by atoms with E-state index in [4.69, 9.17) is 10.8 Å². The molecule has 0 aliphatic carbocycles. The highest BCUT2D eigenvalue weighted by molar-refractivity contribution is 5.91. The summed E-state index contributed by atoms with van der Waals surface area (Å²) in [6.45, 7) is 2.72. The van der Waals surface area contributed by atoms with Gasteiger partial charge in [0.2, 0.25) is 0 Å². The molecule has 4 nitrogen and oxygen atoms in total. The van der Waals surface area contributed by atoms with Crippen LogP contribution < -0.4 is 11.1 Å². The molecular weight excluding hydrogens is 108 g/mol. The quantitative estimate of drug-likeness (QED) is 0.304. The van der Waals surface area contributed by atoms with Crippen LogP contribution in [0.15, 0.2) is 12.3 Å². The monoisotopic (exact) mass is 116 g/mol. The van der Waals surface area contributed by atoms with Gasteiger partial charge in [-0.3, -0.25) is 4.79 Å². The van der Waals surface area contributed by atoms with Gasteiger partial charge in [0.05, 0.1) is 5.70 Å². The van der Waals surface area contributed by atoms with E-state index in [-0.39, 0.29) is 5.70 Å². The summed E-state index contributed by atoms with van der Waals surface area (Å²) in [5, 5.41) is 10.1. The van der Waals surface area contributed by atoms with Gasteiger partial charge >= 0.3 is 0 Å². The Labute approximate surface area is 47.0 Å². The Kier molecular flexibility index (Phi) is 2.64.